The highest BCUT2D eigenvalue weighted by Crippen LogP contribution is 2.27. The summed E-state index contributed by atoms with van der Waals surface area (Å²) >= 11 is 0. The highest BCUT2D eigenvalue weighted by Gasteiger charge is 2.27. The topological polar surface area (TPSA) is 63.3 Å². The van der Waals surface area contributed by atoms with Crippen LogP contribution in [-0.4, -0.2) is 46.7 Å². The predicted octanol–water partition coefficient (Wildman–Crippen LogP) is 4.21. The van der Waals surface area contributed by atoms with Gasteiger partial charge in [0.15, 0.2) is 0 Å². The summed E-state index contributed by atoms with van der Waals surface area (Å²) in [4.78, 5) is 15.2. The number of para-hydroxylation sites is 1. The molecule has 1 aliphatic rings. The minimum atomic E-state index is 0.0808. The molecule has 0 spiro atoms. The fraction of sp³-hybridized carbons (Fsp3) is 0.250. The first-order valence-corrected chi connectivity index (χ1v) is 10.1. The maximum Gasteiger partial charge on any atom is 0.126 e. The molecule has 0 amide bonds. The van der Waals surface area contributed by atoms with Crippen LogP contribution in [-0.2, 0) is 11.3 Å². The summed E-state index contributed by atoms with van der Waals surface area (Å²) in [6, 6.07) is 18.5. The van der Waals surface area contributed by atoms with E-state index in [-0.39, 0.29) is 6.04 Å². The Bertz CT molecular complexity index is 1140. The van der Waals surface area contributed by atoms with Crippen LogP contribution in [0.2, 0.25) is 0 Å². The van der Waals surface area contributed by atoms with Crippen LogP contribution in [0.25, 0.3) is 22.2 Å². The van der Waals surface area contributed by atoms with Crippen LogP contribution in [0.5, 0.6) is 5.75 Å². The minimum Gasteiger partial charge on any atom is -0.497 e. The number of nitrogens with zero attached hydrogens (tertiary/aromatic N) is 3. The largest absolute Gasteiger partial charge is 0.497 e. The third-order valence-corrected chi connectivity index (χ3v) is 5.58. The van der Waals surface area contributed by atoms with Gasteiger partial charge < -0.3 is 14.5 Å². The summed E-state index contributed by atoms with van der Waals surface area (Å²) in [5.41, 5.74) is 4.29. The van der Waals surface area contributed by atoms with Gasteiger partial charge >= 0.3 is 0 Å². The van der Waals surface area contributed by atoms with Crippen LogP contribution in [0.15, 0.2) is 67.0 Å². The molecule has 2 aromatic heterocycles. The molecule has 0 radical (unpaired) electrons. The van der Waals surface area contributed by atoms with E-state index in [4.69, 9.17) is 9.47 Å². The highest BCUT2D eigenvalue weighted by atomic mass is 16.5. The number of nitrogens with one attached hydrogen (secondary N) is 1. The van der Waals surface area contributed by atoms with Gasteiger partial charge in [-0.1, -0.05) is 18.2 Å². The van der Waals surface area contributed by atoms with Gasteiger partial charge in [-0.25, -0.2) is 4.98 Å². The van der Waals surface area contributed by atoms with Crippen LogP contribution >= 0.6 is 0 Å². The molecule has 30 heavy (non-hydrogen) atoms. The van der Waals surface area contributed by atoms with Crippen molar-refractivity contribution in [2.24, 2.45) is 0 Å². The normalized spacial score (nSPS) is 17.3. The molecule has 1 aliphatic heterocycles. The average Bonchev–Trinajstić information content (AvgIpc) is 3.29. The predicted molar refractivity (Wildman–Crippen MR) is 116 cm³/mol. The van der Waals surface area contributed by atoms with Crippen molar-refractivity contribution in [1.82, 2.24) is 19.9 Å². The Hall–Kier alpha value is -3.22. The second-order valence-corrected chi connectivity index (χ2v) is 7.51. The Balaban J connectivity index is 1.37. The molecule has 1 fully saturated rings. The van der Waals surface area contributed by atoms with Crippen molar-refractivity contribution >= 4 is 10.9 Å². The lowest BCUT2D eigenvalue weighted by Gasteiger charge is -2.34. The smallest absolute Gasteiger partial charge is 0.126 e. The Kier molecular flexibility index (Phi) is 5.17. The monoisotopic (exact) mass is 400 g/mol. The molecule has 4 aromatic rings. The molecule has 1 unspecified atom stereocenters. The summed E-state index contributed by atoms with van der Waals surface area (Å²) < 4.78 is 11.0. The van der Waals surface area contributed by atoms with E-state index in [9.17, 15) is 0 Å². The molecular weight excluding hydrogens is 376 g/mol. The van der Waals surface area contributed by atoms with Crippen LogP contribution in [0.1, 0.15) is 17.4 Å². The Labute approximate surface area is 175 Å². The summed E-state index contributed by atoms with van der Waals surface area (Å²) in [5, 5.41) is 1.17. The van der Waals surface area contributed by atoms with E-state index in [0.717, 1.165) is 48.0 Å². The number of hydrogen-bond acceptors (Lipinski definition) is 5. The Morgan fingerprint density at radius 3 is 2.83 bits per heavy atom. The number of aromatic nitrogens is 3. The lowest BCUT2D eigenvalue weighted by molar-refractivity contribution is -0.0156. The van der Waals surface area contributed by atoms with Crippen molar-refractivity contribution in [1.29, 1.82) is 0 Å². The molecule has 1 saturated heterocycles. The standard InChI is InChI=1S/C24H24N4O2/c1-29-20-8-6-18(7-9-20)22-14-26-24(27-22)23-16-30-11-10-28(23)15-17-12-19-4-2-3-5-21(19)25-13-17/h2-9,12-14,23H,10-11,15-16H2,1H3,(H,26,27). The first-order chi connectivity index (χ1) is 14.8. The average molecular weight is 400 g/mol. The zero-order valence-corrected chi connectivity index (χ0v) is 16.9. The lowest BCUT2D eigenvalue weighted by Crippen LogP contribution is -2.39. The number of H-pyrrole nitrogens is 1. The molecule has 2 aromatic carbocycles. The number of fused-ring (bicyclic) bond motifs is 1. The fourth-order valence-electron chi connectivity index (χ4n) is 3.94. The Morgan fingerprint density at radius 2 is 1.97 bits per heavy atom. The number of rotatable bonds is 5. The summed E-state index contributed by atoms with van der Waals surface area (Å²) in [7, 11) is 1.67. The van der Waals surface area contributed by atoms with E-state index < -0.39 is 0 Å². The summed E-state index contributed by atoms with van der Waals surface area (Å²) in [6.45, 7) is 3.01. The minimum absolute atomic E-state index is 0.0808. The van der Waals surface area contributed by atoms with Crippen LogP contribution in [0.3, 0.4) is 0 Å². The van der Waals surface area contributed by atoms with E-state index in [1.807, 2.05) is 48.8 Å². The number of imidazole rings is 1. The van der Waals surface area contributed by atoms with Gasteiger partial charge in [-0.2, -0.15) is 0 Å². The zero-order chi connectivity index (χ0) is 20.3. The molecule has 5 rings (SSSR count). The molecule has 1 N–H and O–H groups in total. The number of benzene rings is 2. The van der Waals surface area contributed by atoms with Gasteiger partial charge in [0.2, 0.25) is 0 Å². The van der Waals surface area contributed by atoms with E-state index in [1.165, 1.54) is 10.9 Å². The number of hydrogen-bond donors (Lipinski definition) is 1. The lowest BCUT2D eigenvalue weighted by atomic mass is 10.1. The van der Waals surface area contributed by atoms with Gasteiger partial charge in [0.1, 0.15) is 11.6 Å². The second kappa shape index (κ2) is 8.26. The number of ether oxygens (including phenoxy) is 2. The zero-order valence-electron chi connectivity index (χ0n) is 16.9. The van der Waals surface area contributed by atoms with Crippen molar-refractivity contribution in [2.45, 2.75) is 12.6 Å². The van der Waals surface area contributed by atoms with Crippen molar-refractivity contribution in [3.05, 3.63) is 78.4 Å². The SMILES string of the molecule is COc1ccc(-c2cnc(C3COCCN3Cc3cnc4ccccc4c3)[nH]2)cc1. The van der Waals surface area contributed by atoms with E-state index in [2.05, 4.69) is 38.1 Å². The number of aromatic amines is 1. The third kappa shape index (κ3) is 3.79. The van der Waals surface area contributed by atoms with Crippen molar-refractivity contribution in [3.8, 4) is 17.0 Å². The Morgan fingerprint density at radius 1 is 1.10 bits per heavy atom. The summed E-state index contributed by atoms with van der Waals surface area (Å²) in [5.74, 6) is 1.77. The number of methoxy groups -OCH3 is 1. The van der Waals surface area contributed by atoms with Crippen molar-refractivity contribution < 1.29 is 9.47 Å². The van der Waals surface area contributed by atoms with Gasteiger partial charge in [0.05, 0.1) is 43.8 Å². The molecule has 0 bridgehead atoms. The van der Waals surface area contributed by atoms with Gasteiger partial charge in [0.25, 0.3) is 0 Å². The molecule has 0 saturated carbocycles. The van der Waals surface area contributed by atoms with Gasteiger partial charge in [0, 0.05) is 24.7 Å². The maximum atomic E-state index is 5.79. The fourth-order valence-corrected chi connectivity index (χ4v) is 3.94. The van der Waals surface area contributed by atoms with Crippen molar-refractivity contribution in [3.63, 3.8) is 0 Å². The quantitative estimate of drug-likeness (QED) is 0.544. The van der Waals surface area contributed by atoms with Gasteiger partial charge in [-0.3, -0.25) is 9.88 Å². The van der Waals surface area contributed by atoms with Gasteiger partial charge in [-0.05, 0) is 47.5 Å². The summed E-state index contributed by atoms with van der Waals surface area (Å²) in [6.07, 6.45) is 3.86. The molecular formula is C24H24N4O2. The first-order valence-electron chi connectivity index (χ1n) is 10.1. The number of pyridine rings is 1. The molecule has 6 heteroatoms. The maximum absolute atomic E-state index is 5.79. The second-order valence-electron chi connectivity index (χ2n) is 7.51. The van der Waals surface area contributed by atoms with E-state index >= 15 is 0 Å². The first kappa shape index (κ1) is 18.8. The van der Waals surface area contributed by atoms with Crippen LogP contribution in [0.4, 0.5) is 0 Å². The molecule has 3 heterocycles. The molecule has 0 aliphatic carbocycles. The molecule has 6 nitrogen and oxygen atoms in total. The number of morpholine rings is 1. The third-order valence-electron chi connectivity index (χ3n) is 5.58. The van der Waals surface area contributed by atoms with Crippen molar-refractivity contribution in [2.75, 3.05) is 26.9 Å². The van der Waals surface area contributed by atoms with Crippen LogP contribution in [0, 0.1) is 0 Å². The van der Waals surface area contributed by atoms with E-state index in [0.29, 0.717) is 6.61 Å². The van der Waals surface area contributed by atoms with Gasteiger partial charge in [-0.15, -0.1) is 0 Å². The molecule has 1 atom stereocenters. The molecule has 152 valence electrons. The highest BCUT2D eigenvalue weighted by molar-refractivity contribution is 5.78. The van der Waals surface area contributed by atoms with E-state index in [1.54, 1.807) is 7.11 Å². The van der Waals surface area contributed by atoms with Crippen LogP contribution < -0.4 is 4.74 Å².